The number of aliphatic hydroxyl groups is 1. The highest BCUT2D eigenvalue weighted by atomic mass is 28.4. The minimum absolute atomic E-state index is 0.0376. The van der Waals surface area contributed by atoms with Crippen molar-refractivity contribution >= 4 is 27.0 Å². The summed E-state index contributed by atoms with van der Waals surface area (Å²) in [5.74, 6) is -0.803. The minimum Gasteiger partial charge on any atom is -0.411 e. The standard InChI is InChI=1S/C37H58O7Si2/c1-35(2,3)45(9,10)44-30-25-31-33(32(38)34-29(41-31)21-23-39-37(7,8)43-34)42-28(30)22-24-40-46(36(4,5)6,26-17-13-11-14-18-26)27-19-15-12-16-20-27/h11-20,28-34,38H,21-25H2,1-10H3/t28-,29+,30+,31-,32+,33-,34+/m1/s1. The fourth-order valence-corrected chi connectivity index (χ4v) is 13.2. The first-order chi connectivity index (χ1) is 21.5. The summed E-state index contributed by atoms with van der Waals surface area (Å²) in [6.07, 6.45) is -0.898. The lowest BCUT2D eigenvalue weighted by Gasteiger charge is -2.52. The van der Waals surface area contributed by atoms with E-state index in [0.29, 0.717) is 32.5 Å². The average Bonchev–Trinajstić information content (AvgIpc) is 3.12. The van der Waals surface area contributed by atoms with Crippen LogP contribution in [0.1, 0.15) is 74.7 Å². The van der Waals surface area contributed by atoms with Gasteiger partial charge in [-0.1, -0.05) is 102 Å². The van der Waals surface area contributed by atoms with Crippen LogP contribution in [0.3, 0.4) is 0 Å². The van der Waals surface area contributed by atoms with Gasteiger partial charge in [0, 0.05) is 13.0 Å². The molecule has 256 valence electrons. The van der Waals surface area contributed by atoms with Crippen molar-refractivity contribution in [3.63, 3.8) is 0 Å². The molecule has 0 unspecified atom stereocenters. The summed E-state index contributed by atoms with van der Waals surface area (Å²) < 4.78 is 40.2. The van der Waals surface area contributed by atoms with Crippen molar-refractivity contribution in [2.45, 2.75) is 146 Å². The molecule has 2 aromatic carbocycles. The quantitative estimate of drug-likeness (QED) is 0.337. The van der Waals surface area contributed by atoms with E-state index in [0.717, 1.165) is 0 Å². The molecule has 0 saturated carbocycles. The minimum atomic E-state index is -2.72. The summed E-state index contributed by atoms with van der Waals surface area (Å²) >= 11 is 0. The van der Waals surface area contributed by atoms with Crippen molar-refractivity contribution in [2.24, 2.45) is 0 Å². The van der Waals surface area contributed by atoms with Crippen LogP contribution in [0.2, 0.25) is 23.2 Å². The van der Waals surface area contributed by atoms with Gasteiger partial charge >= 0.3 is 0 Å². The maximum absolute atomic E-state index is 11.7. The highest BCUT2D eigenvalue weighted by Crippen LogP contribution is 2.43. The van der Waals surface area contributed by atoms with E-state index in [1.54, 1.807) is 0 Å². The molecule has 2 aromatic rings. The zero-order valence-corrected chi connectivity index (χ0v) is 31.7. The molecule has 0 aliphatic carbocycles. The molecule has 46 heavy (non-hydrogen) atoms. The highest BCUT2D eigenvalue weighted by Gasteiger charge is 2.55. The fraction of sp³-hybridized carbons (Fsp3) is 0.676. The molecular formula is C37H58O7Si2. The number of fused-ring (bicyclic) bond motifs is 2. The summed E-state index contributed by atoms with van der Waals surface area (Å²) in [5, 5.41) is 14.2. The maximum atomic E-state index is 11.7. The number of hydrogen-bond acceptors (Lipinski definition) is 7. The molecule has 0 radical (unpaired) electrons. The van der Waals surface area contributed by atoms with Crippen LogP contribution in [0.15, 0.2) is 60.7 Å². The number of ether oxygens (including phenoxy) is 4. The van der Waals surface area contributed by atoms with Gasteiger partial charge in [-0.25, -0.2) is 0 Å². The molecule has 0 bridgehead atoms. The zero-order chi connectivity index (χ0) is 33.5. The van der Waals surface area contributed by atoms with E-state index < -0.39 is 40.7 Å². The highest BCUT2D eigenvalue weighted by molar-refractivity contribution is 6.99. The Morgan fingerprint density at radius 1 is 0.826 bits per heavy atom. The normalized spacial score (nSPS) is 30.6. The van der Waals surface area contributed by atoms with Gasteiger partial charge in [0.1, 0.15) is 18.3 Å². The molecule has 7 atom stereocenters. The first-order valence-corrected chi connectivity index (χ1v) is 22.0. The number of aliphatic hydroxyl groups excluding tert-OH is 1. The first-order valence-electron chi connectivity index (χ1n) is 17.2. The van der Waals surface area contributed by atoms with E-state index in [4.69, 9.17) is 27.8 Å². The maximum Gasteiger partial charge on any atom is 0.261 e. The molecular weight excluding hydrogens is 613 g/mol. The Bertz CT molecular complexity index is 1230. The third-order valence-corrected chi connectivity index (χ3v) is 20.2. The molecule has 3 heterocycles. The van der Waals surface area contributed by atoms with E-state index in [1.807, 2.05) is 13.8 Å². The van der Waals surface area contributed by atoms with E-state index >= 15 is 0 Å². The topological polar surface area (TPSA) is 75.6 Å². The van der Waals surface area contributed by atoms with Crippen molar-refractivity contribution in [2.75, 3.05) is 13.2 Å². The molecule has 9 heteroatoms. The Balaban J connectivity index is 1.43. The van der Waals surface area contributed by atoms with Gasteiger partial charge in [-0.3, -0.25) is 0 Å². The van der Waals surface area contributed by atoms with Crippen LogP contribution in [0.5, 0.6) is 0 Å². The molecule has 3 aliphatic heterocycles. The molecule has 3 fully saturated rings. The summed E-state index contributed by atoms with van der Waals surface area (Å²) in [5.41, 5.74) is 0. The first kappa shape index (κ1) is 35.9. The van der Waals surface area contributed by atoms with Gasteiger partial charge in [0.05, 0.1) is 31.0 Å². The van der Waals surface area contributed by atoms with Crippen LogP contribution in [0, 0.1) is 0 Å². The molecule has 0 aromatic heterocycles. The number of hydrogen-bond donors (Lipinski definition) is 1. The Hall–Kier alpha value is -1.41. The van der Waals surface area contributed by atoms with Crippen LogP contribution in [0.25, 0.3) is 0 Å². The van der Waals surface area contributed by atoms with E-state index in [1.165, 1.54) is 10.4 Å². The SMILES string of the molecule is CC1(C)OCC[C@@H]2O[C@@H]3C[C@H](O[Si](C)(C)C(C)(C)C)[C@@H](CCO[Si](c4ccccc4)(c4ccccc4)C(C)(C)C)O[C@H]3[C@H](O)[C@H]2O1. The zero-order valence-electron chi connectivity index (χ0n) is 29.7. The molecule has 3 aliphatic rings. The van der Waals surface area contributed by atoms with Crippen molar-refractivity contribution in [1.29, 1.82) is 0 Å². The van der Waals surface area contributed by atoms with Gasteiger partial charge in [-0.15, -0.1) is 0 Å². The average molecular weight is 671 g/mol. The summed E-state index contributed by atoms with van der Waals surface area (Å²) in [4.78, 5) is 0. The van der Waals surface area contributed by atoms with E-state index in [9.17, 15) is 5.11 Å². The number of benzene rings is 2. The molecule has 3 saturated heterocycles. The van der Waals surface area contributed by atoms with E-state index in [2.05, 4.69) is 115 Å². The lowest BCUT2D eigenvalue weighted by molar-refractivity contribution is -0.313. The van der Waals surface area contributed by atoms with Gasteiger partial charge in [0.25, 0.3) is 8.32 Å². The van der Waals surface area contributed by atoms with Crippen LogP contribution < -0.4 is 10.4 Å². The second-order valence-corrected chi connectivity index (χ2v) is 25.5. The summed E-state index contributed by atoms with van der Waals surface area (Å²) in [6, 6.07) is 21.5. The fourth-order valence-electron chi connectivity index (χ4n) is 7.22. The van der Waals surface area contributed by atoms with Crippen molar-refractivity contribution < 1.29 is 32.9 Å². The van der Waals surface area contributed by atoms with Crippen LogP contribution in [0.4, 0.5) is 0 Å². The molecule has 1 N–H and O–H groups in total. The van der Waals surface area contributed by atoms with Crippen LogP contribution >= 0.6 is 0 Å². The number of rotatable bonds is 8. The van der Waals surface area contributed by atoms with Crippen LogP contribution in [-0.4, -0.2) is 83.5 Å². The van der Waals surface area contributed by atoms with Crippen molar-refractivity contribution in [3.05, 3.63) is 60.7 Å². The van der Waals surface area contributed by atoms with Gasteiger partial charge in [0.2, 0.25) is 0 Å². The van der Waals surface area contributed by atoms with Crippen LogP contribution in [-0.2, 0) is 27.8 Å². The molecule has 0 amide bonds. The largest absolute Gasteiger partial charge is 0.411 e. The Labute approximate surface area is 279 Å². The Morgan fingerprint density at radius 3 is 1.96 bits per heavy atom. The third-order valence-electron chi connectivity index (χ3n) is 10.6. The molecule has 0 spiro atoms. The molecule has 5 rings (SSSR count). The Morgan fingerprint density at radius 2 is 1.41 bits per heavy atom. The van der Waals surface area contributed by atoms with Crippen molar-refractivity contribution in [3.8, 4) is 0 Å². The van der Waals surface area contributed by atoms with Crippen molar-refractivity contribution in [1.82, 2.24) is 0 Å². The van der Waals surface area contributed by atoms with Gasteiger partial charge in [0.15, 0.2) is 14.1 Å². The van der Waals surface area contributed by atoms with Gasteiger partial charge in [-0.05, 0) is 60.2 Å². The lowest BCUT2D eigenvalue weighted by Crippen LogP contribution is -2.67. The summed E-state index contributed by atoms with van der Waals surface area (Å²) in [6.45, 7) is 23.1. The third kappa shape index (κ3) is 7.28. The predicted octanol–water partition coefficient (Wildman–Crippen LogP) is 6.17. The lowest BCUT2D eigenvalue weighted by atomic mass is 9.87. The smallest absolute Gasteiger partial charge is 0.261 e. The second kappa shape index (κ2) is 13.5. The van der Waals surface area contributed by atoms with Gasteiger partial charge < -0.3 is 32.9 Å². The Kier molecular flexibility index (Phi) is 10.5. The van der Waals surface area contributed by atoms with Gasteiger partial charge in [-0.2, -0.15) is 0 Å². The second-order valence-electron chi connectivity index (χ2n) is 16.4. The summed E-state index contributed by atoms with van der Waals surface area (Å²) in [7, 11) is -4.88. The van der Waals surface area contributed by atoms with E-state index in [-0.39, 0.29) is 34.5 Å². The monoisotopic (exact) mass is 670 g/mol. The predicted molar refractivity (Wildman–Crippen MR) is 188 cm³/mol. The molecule has 7 nitrogen and oxygen atoms in total.